The molecule has 0 fully saturated rings. The summed E-state index contributed by atoms with van der Waals surface area (Å²) < 4.78 is 1.14. The first-order valence-electron chi connectivity index (χ1n) is 7.29. The molecule has 114 valence electrons. The van der Waals surface area contributed by atoms with Crippen molar-refractivity contribution < 1.29 is 0 Å². The van der Waals surface area contributed by atoms with Crippen molar-refractivity contribution in [3.8, 4) is 0 Å². The highest BCUT2D eigenvalue weighted by molar-refractivity contribution is 9.10. The maximum atomic E-state index is 4.19. The fourth-order valence-electron chi connectivity index (χ4n) is 2.25. The van der Waals surface area contributed by atoms with Gasteiger partial charge in [0.1, 0.15) is 0 Å². The van der Waals surface area contributed by atoms with E-state index in [2.05, 4.69) is 71.3 Å². The van der Waals surface area contributed by atoms with E-state index in [1.807, 2.05) is 11.7 Å². The van der Waals surface area contributed by atoms with Gasteiger partial charge in [-0.3, -0.25) is 4.98 Å². The van der Waals surface area contributed by atoms with Crippen LogP contribution in [0.1, 0.15) is 31.2 Å². The summed E-state index contributed by atoms with van der Waals surface area (Å²) >= 11 is 5.25. The van der Waals surface area contributed by atoms with Crippen molar-refractivity contribution in [1.29, 1.82) is 0 Å². The lowest BCUT2D eigenvalue weighted by Gasteiger charge is -2.25. The number of aromatic nitrogens is 1. The number of nitrogens with zero attached hydrogens (tertiary/aromatic N) is 1. The van der Waals surface area contributed by atoms with E-state index in [-0.39, 0.29) is 5.54 Å². The fourth-order valence-corrected chi connectivity index (χ4v) is 3.22. The number of thiazole rings is 1. The van der Waals surface area contributed by atoms with E-state index in [4.69, 9.17) is 0 Å². The van der Waals surface area contributed by atoms with Crippen molar-refractivity contribution in [3.63, 3.8) is 0 Å². The topological polar surface area (TPSA) is 24.9 Å². The zero-order valence-corrected chi connectivity index (χ0v) is 15.3. The van der Waals surface area contributed by atoms with Gasteiger partial charge in [0.2, 0.25) is 0 Å². The van der Waals surface area contributed by atoms with Gasteiger partial charge in [0.05, 0.1) is 5.51 Å². The minimum atomic E-state index is 0.158. The Hall–Kier alpha value is -0.710. The van der Waals surface area contributed by atoms with Gasteiger partial charge in [0, 0.05) is 21.1 Å². The van der Waals surface area contributed by atoms with E-state index in [1.165, 1.54) is 10.4 Å². The van der Waals surface area contributed by atoms with Gasteiger partial charge in [-0.05, 0) is 63.8 Å². The van der Waals surface area contributed by atoms with E-state index in [0.717, 1.165) is 23.9 Å². The highest BCUT2D eigenvalue weighted by atomic mass is 79.9. The second kappa shape index (κ2) is 7.52. The average molecular weight is 367 g/mol. The van der Waals surface area contributed by atoms with Crippen LogP contribution in [-0.2, 0) is 12.8 Å². The first kappa shape index (κ1) is 16.7. The molecule has 2 nitrogen and oxygen atoms in total. The Morgan fingerprint density at radius 2 is 1.90 bits per heavy atom. The maximum Gasteiger partial charge on any atom is 0.0794 e. The Bertz CT molecular complexity index is 529. The molecule has 0 radical (unpaired) electrons. The Kier molecular flexibility index (Phi) is 5.97. The van der Waals surface area contributed by atoms with Crippen LogP contribution in [0.2, 0.25) is 0 Å². The quantitative estimate of drug-likeness (QED) is 0.801. The van der Waals surface area contributed by atoms with Gasteiger partial charge in [-0.1, -0.05) is 28.1 Å². The van der Waals surface area contributed by atoms with Crippen LogP contribution >= 0.6 is 27.3 Å². The number of halogens is 1. The summed E-state index contributed by atoms with van der Waals surface area (Å²) in [6.45, 7) is 7.68. The largest absolute Gasteiger partial charge is 0.312 e. The summed E-state index contributed by atoms with van der Waals surface area (Å²) in [6, 6.07) is 8.66. The van der Waals surface area contributed by atoms with Crippen molar-refractivity contribution in [3.05, 3.63) is 50.9 Å². The summed E-state index contributed by atoms with van der Waals surface area (Å²) in [6.07, 6.45) is 4.18. The zero-order chi connectivity index (χ0) is 15.3. The molecule has 0 saturated heterocycles. The fraction of sp³-hybridized carbons (Fsp3) is 0.471. The number of rotatable bonds is 6. The number of hydrogen-bond donors (Lipinski definition) is 1. The molecule has 4 heteroatoms. The summed E-state index contributed by atoms with van der Waals surface area (Å²) in [4.78, 5) is 5.56. The number of nitrogens with one attached hydrogen (secondary N) is 1. The van der Waals surface area contributed by atoms with Crippen LogP contribution in [-0.4, -0.2) is 17.1 Å². The van der Waals surface area contributed by atoms with Gasteiger partial charge >= 0.3 is 0 Å². The highest BCUT2D eigenvalue weighted by Gasteiger charge is 2.16. The van der Waals surface area contributed by atoms with E-state index in [9.17, 15) is 0 Å². The minimum Gasteiger partial charge on any atom is -0.312 e. The molecular weight excluding hydrogens is 344 g/mol. The second-order valence-corrected chi connectivity index (χ2v) is 8.39. The van der Waals surface area contributed by atoms with Gasteiger partial charge < -0.3 is 5.32 Å². The van der Waals surface area contributed by atoms with Crippen LogP contribution in [0.4, 0.5) is 0 Å². The van der Waals surface area contributed by atoms with E-state index < -0.39 is 0 Å². The van der Waals surface area contributed by atoms with E-state index in [1.54, 1.807) is 11.3 Å². The number of benzene rings is 1. The summed E-state index contributed by atoms with van der Waals surface area (Å²) in [7, 11) is 0. The van der Waals surface area contributed by atoms with E-state index in [0.29, 0.717) is 5.92 Å². The Balaban J connectivity index is 2.01. The molecule has 1 aromatic carbocycles. The Morgan fingerprint density at radius 1 is 1.19 bits per heavy atom. The summed E-state index contributed by atoms with van der Waals surface area (Å²) in [5.41, 5.74) is 3.47. The molecule has 1 heterocycles. The van der Waals surface area contributed by atoms with Crippen molar-refractivity contribution in [1.82, 2.24) is 10.3 Å². The van der Waals surface area contributed by atoms with Crippen LogP contribution in [0.25, 0.3) is 0 Å². The van der Waals surface area contributed by atoms with Crippen molar-refractivity contribution in [2.24, 2.45) is 5.92 Å². The highest BCUT2D eigenvalue weighted by Crippen LogP contribution is 2.19. The molecule has 1 aromatic heterocycles. The van der Waals surface area contributed by atoms with Crippen LogP contribution in [0.5, 0.6) is 0 Å². The monoisotopic (exact) mass is 366 g/mol. The third kappa shape index (κ3) is 6.29. The molecule has 0 amide bonds. The smallest absolute Gasteiger partial charge is 0.0794 e. The molecular formula is C17H23BrN2S. The van der Waals surface area contributed by atoms with Crippen molar-refractivity contribution in [2.75, 3.05) is 6.54 Å². The molecule has 1 N–H and O–H groups in total. The molecule has 0 aliphatic heterocycles. The molecule has 2 rings (SSSR count). The minimum absolute atomic E-state index is 0.158. The van der Waals surface area contributed by atoms with Crippen molar-refractivity contribution >= 4 is 27.3 Å². The lowest BCUT2D eigenvalue weighted by molar-refractivity contribution is 0.368. The molecule has 0 bridgehead atoms. The SMILES string of the molecule is CC(C)(C)NCC(Cc1ccc(Br)cc1)Cc1cncs1. The van der Waals surface area contributed by atoms with Crippen molar-refractivity contribution in [2.45, 2.75) is 39.2 Å². The van der Waals surface area contributed by atoms with Gasteiger partial charge in [-0.2, -0.15) is 0 Å². The van der Waals surface area contributed by atoms with Gasteiger partial charge in [0.15, 0.2) is 0 Å². The first-order valence-corrected chi connectivity index (χ1v) is 8.96. The third-order valence-corrected chi connectivity index (χ3v) is 4.66. The van der Waals surface area contributed by atoms with Crippen LogP contribution in [0.3, 0.4) is 0 Å². The predicted molar refractivity (Wildman–Crippen MR) is 94.9 cm³/mol. The lowest BCUT2D eigenvalue weighted by atomic mass is 9.94. The molecule has 0 spiro atoms. The standard InChI is InChI=1S/C17H23BrN2S/c1-17(2,3)20-10-14(9-16-11-19-12-21-16)8-13-4-6-15(18)7-5-13/h4-7,11-12,14,20H,8-10H2,1-3H3. The van der Waals surface area contributed by atoms with Gasteiger partial charge in [-0.15, -0.1) is 11.3 Å². The normalized spacial score (nSPS) is 13.3. The molecule has 0 aliphatic rings. The van der Waals surface area contributed by atoms with Gasteiger partial charge in [0.25, 0.3) is 0 Å². The molecule has 0 aliphatic carbocycles. The van der Waals surface area contributed by atoms with Crippen LogP contribution < -0.4 is 5.32 Å². The Morgan fingerprint density at radius 3 is 2.48 bits per heavy atom. The Labute approximate surface area is 140 Å². The van der Waals surface area contributed by atoms with Gasteiger partial charge in [-0.25, -0.2) is 0 Å². The molecule has 21 heavy (non-hydrogen) atoms. The average Bonchev–Trinajstić information content (AvgIpc) is 2.91. The molecule has 2 aromatic rings. The molecule has 0 saturated carbocycles. The van der Waals surface area contributed by atoms with Crippen LogP contribution in [0.15, 0.2) is 40.4 Å². The predicted octanol–water partition coefficient (Wildman–Crippen LogP) is 4.70. The second-order valence-electron chi connectivity index (χ2n) is 6.50. The lowest BCUT2D eigenvalue weighted by Crippen LogP contribution is -2.40. The third-order valence-electron chi connectivity index (χ3n) is 3.33. The number of hydrogen-bond acceptors (Lipinski definition) is 3. The van der Waals surface area contributed by atoms with E-state index >= 15 is 0 Å². The molecule has 1 unspecified atom stereocenters. The summed E-state index contributed by atoms with van der Waals surface area (Å²) in [5.74, 6) is 0.589. The van der Waals surface area contributed by atoms with Crippen LogP contribution in [0, 0.1) is 5.92 Å². The zero-order valence-electron chi connectivity index (χ0n) is 12.9. The molecule has 1 atom stereocenters. The first-order chi connectivity index (χ1) is 9.92. The summed E-state index contributed by atoms with van der Waals surface area (Å²) in [5, 5.41) is 3.64. The maximum absolute atomic E-state index is 4.19.